The number of nitrogens with one attached hydrogen (secondary N) is 1. The summed E-state index contributed by atoms with van der Waals surface area (Å²) in [7, 11) is 1.56. The van der Waals surface area contributed by atoms with Crippen LogP contribution in [0.2, 0.25) is 5.02 Å². The predicted octanol–water partition coefficient (Wildman–Crippen LogP) is 4.13. The second-order valence-electron chi connectivity index (χ2n) is 6.96. The van der Waals surface area contributed by atoms with E-state index in [1.54, 1.807) is 25.3 Å². The third-order valence-corrected chi connectivity index (χ3v) is 5.18. The standard InChI is InChI=1S/C21H26ClN3O2/c1-15(2)24-10-12-25(13-11-24)18-7-4-16(5-8-18)21(26)23-19-14-17(22)6-9-20(19)27-3/h4-9,14-15H,10-13H2,1-3H3,(H,23,26). The van der Waals surface area contributed by atoms with Gasteiger partial charge in [-0.2, -0.15) is 0 Å². The number of benzene rings is 2. The molecule has 5 nitrogen and oxygen atoms in total. The maximum atomic E-state index is 12.6. The third kappa shape index (κ3) is 4.73. The number of halogens is 1. The van der Waals surface area contributed by atoms with Crippen molar-refractivity contribution >= 4 is 28.9 Å². The SMILES string of the molecule is COc1ccc(Cl)cc1NC(=O)c1ccc(N2CCN(C(C)C)CC2)cc1. The molecule has 1 aliphatic heterocycles. The highest BCUT2D eigenvalue weighted by molar-refractivity contribution is 6.31. The molecule has 2 aromatic rings. The summed E-state index contributed by atoms with van der Waals surface area (Å²) in [5.74, 6) is 0.388. The highest BCUT2D eigenvalue weighted by Crippen LogP contribution is 2.28. The van der Waals surface area contributed by atoms with Gasteiger partial charge in [0.15, 0.2) is 0 Å². The molecule has 2 aromatic carbocycles. The van der Waals surface area contributed by atoms with Gasteiger partial charge in [0.2, 0.25) is 0 Å². The number of piperazine rings is 1. The van der Waals surface area contributed by atoms with E-state index in [0.717, 1.165) is 31.9 Å². The summed E-state index contributed by atoms with van der Waals surface area (Å²) in [5, 5.41) is 3.41. The van der Waals surface area contributed by atoms with Gasteiger partial charge in [0.05, 0.1) is 12.8 Å². The van der Waals surface area contributed by atoms with Crippen LogP contribution in [0.15, 0.2) is 42.5 Å². The fourth-order valence-electron chi connectivity index (χ4n) is 3.29. The number of methoxy groups -OCH3 is 1. The molecule has 6 heteroatoms. The van der Waals surface area contributed by atoms with Gasteiger partial charge in [-0.25, -0.2) is 0 Å². The summed E-state index contributed by atoms with van der Waals surface area (Å²) in [6, 6.07) is 13.5. The fraction of sp³-hybridized carbons (Fsp3) is 0.381. The zero-order chi connectivity index (χ0) is 19.4. The molecule has 27 heavy (non-hydrogen) atoms. The average molecular weight is 388 g/mol. The number of amides is 1. The van der Waals surface area contributed by atoms with Crippen LogP contribution in [0.3, 0.4) is 0 Å². The minimum absolute atomic E-state index is 0.188. The number of hydrogen-bond acceptors (Lipinski definition) is 4. The van der Waals surface area contributed by atoms with E-state index in [1.807, 2.05) is 24.3 Å². The van der Waals surface area contributed by atoms with Gasteiger partial charge in [-0.05, 0) is 56.3 Å². The van der Waals surface area contributed by atoms with Gasteiger partial charge >= 0.3 is 0 Å². The van der Waals surface area contributed by atoms with Crippen LogP contribution >= 0.6 is 11.6 Å². The molecule has 0 radical (unpaired) electrons. The first-order chi connectivity index (χ1) is 13.0. The Morgan fingerprint density at radius 1 is 1.07 bits per heavy atom. The number of rotatable bonds is 5. The van der Waals surface area contributed by atoms with Crippen molar-refractivity contribution in [2.45, 2.75) is 19.9 Å². The molecule has 0 saturated carbocycles. The quantitative estimate of drug-likeness (QED) is 0.837. The zero-order valence-electron chi connectivity index (χ0n) is 16.0. The van der Waals surface area contributed by atoms with Gasteiger partial charge in [0, 0.05) is 48.5 Å². The van der Waals surface area contributed by atoms with E-state index < -0.39 is 0 Å². The van der Waals surface area contributed by atoms with Crippen molar-refractivity contribution in [3.63, 3.8) is 0 Å². The lowest BCUT2D eigenvalue weighted by molar-refractivity contribution is 0.102. The molecule has 144 valence electrons. The molecule has 0 aromatic heterocycles. The van der Waals surface area contributed by atoms with E-state index in [2.05, 4.69) is 29.0 Å². The first kappa shape index (κ1) is 19.5. The normalized spacial score (nSPS) is 15.1. The first-order valence-electron chi connectivity index (χ1n) is 9.22. The number of nitrogens with zero attached hydrogens (tertiary/aromatic N) is 2. The van der Waals surface area contributed by atoms with Crippen molar-refractivity contribution in [3.8, 4) is 5.75 Å². The van der Waals surface area contributed by atoms with Gasteiger partial charge in [-0.15, -0.1) is 0 Å². The lowest BCUT2D eigenvalue weighted by Gasteiger charge is -2.38. The number of anilines is 2. The van der Waals surface area contributed by atoms with E-state index in [9.17, 15) is 4.79 Å². The average Bonchev–Trinajstić information content (AvgIpc) is 2.68. The highest BCUT2D eigenvalue weighted by atomic mass is 35.5. The summed E-state index contributed by atoms with van der Waals surface area (Å²) in [5.41, 5.74) is 2.31. The third-order valence-electron chi connectivity index (χ3n) is 4.95. The largest absolute Gasteiger partial charge is 0.495 e. The maximum absolute atomic E-state index is 12.6. The second-order valence-corrected chi connectivity index (χ2v) is 7.40. The Morgan fingerprint density at radius 2 is 1.74 bits per heavy atom. The van der Waals surface area contributed by atoms with Crippen LogP contribution in [0.25, 0.3) is 0 Å². The zero-order valence-corrected chi connectivity index (χ0v) is 16.8. The predicted molar refractivity (Wildman–Crippen MR) is 111 cm³/mol. The number of ether oxygens (including phenoxy) is 1. The topological polar surface area (TPSA) is 44.8 Å². The maximum Gasteiger partial charge on any atom is 0.255 e. The van der Waals surface area contributed by atoms with Gasteiger partial charge < -0.3 is 15.0 Å². The molecule has 1 aliphatic rings. The fourth-order valence-corrected chi connectivity index (χ4v) is 3.46. The van der Waals surface area contributed by atoms with Crippen LogP contribution < -0.4 is 15.0 Å². The molecule has 0 spiro atoms. The monoisotopic (exact) mass is 387 g/mol. The van der Waals surface area contributed by atoms with Crippen LogP contribution in [0, 0.1) is 0 Å². The van der Waals surface area contributed by atoms with Crippen molar-refractivity contribution in [3.05, 3.63) is 53.1 Å². The van der Waals surface area contributed by atoms with Gasteiger partial charge in [0.25, 0.3) is 5.91 Å². The van der Waals surface area contributed by atoms with E-state index in [1.165, 1.54) is 0 Å². The Balaban J connectivity index is 1.65. The first-order valence-corrected chi connectivity index (χ1v) is 9.59. The van der Waals surface area contributed by atoms with E-state index in [0.29, 0.717) is 28.1 Å². The Hall–Kier alpha value is -2.24. The Bertz CT molecular complexity index is 785. The van der Waals surface area contributed by atoms with Crippen LogP contribution in [0.1, 0.15) is 24.2 Å². The van der Waals surface area contributed by atoms with Crippen LogP contribution in [-0.4, -0.2) is 50.1 Å². The van der Waals surface area contributed by atoms with Crippen molar-refractivity contribution in [2.24, 2.45) is 0 Å². The highest BCUT2D eigenvalue weighted by Gasteiger charge is 2.19. The van der Waals surface area contributed by atoms with Crippen LogP contribution in [-0.2, 0) is 0 Å². The molecule has 0 unspecified atom stereocenters. The van der Waals surface area contributed by atoms with Crippen LogP contribution in [0.4, 0.5) is 11.4 Å². The molecule has 0 aliphatic carbocycles. The van der Waals surface area contributed by atoms with Gasteiger partial charge in [-0.3, -0.25) is 9.69 Å². The minimum Gasteiger partial charge on any atom is -0.495 e. The second kappa shape index (κ2) is 8.63. The Morgan fingerprint density at radius 3 is 2.33 bits per heavy atom. The molecule has 0 bridgehead atoms. The summed E-state index contributed by atoms with van der Waals surface area (Å²) in [6.07, 6.45) is 0. The van der Waals surface area contributed by atoms with Crippen molar-refractivity contribution in [2.75, 3.05) is 43.5 Å². The molecule has 1 fully saturated rings. The van der Waals surface area contributed by atoms with Crippen LogP contribution in [0.5, 0.6) is 5.75 Å². The lowest BCUT2D eigenvalue weighted by atomic mass is 10.1. The summed E-state index contributed by atoms with van der Waals surface area (Å²) < 4.78 is 5.28. The number of carbonyl (C=O) groups is 1. The molecular formula is C21H26ClN3O2. The molecule has 0 atom stereocenters. The molecule has 1 heterocycles. The minimum atomic E-state index is -0.188. The van der Waals surface area contributed by atoms with E-state index in [4.69, 9.17) is 16.3 Å². The molecule has 3 rings (SSSR count). The number of carbonyl (C=O) groups excluding carboxylic acids is 1. The smallest absolute Gasteiger partial charge is 0.255 e. The number of hydrogen-bond donors (Lipinski definition) is 1. The van der Waals surface area contributed by atoms with E-state index >= 15 is 0 Å². The summed E-state index contributed by atoms with van der Waals surface area (Å²) >= 11 is 6.02. The van der Waals surface area contributed by atoms with Crippen molar-refractivity contribution in [1.82, 2.24) is 4.90 Å². The van der Waals surface area contributed by atoms with Crippen molar-refractivity contribution < 1.29 is 9.53 Å². The molecule has 1 amide bonds. The Labute approximate surface area is 165 Å². The molecule has 1 saturated heterocycles. The Kier molecular flexibility index (Phi) is 6.24. The molecular weight excluding hydrogens is 362 g/mol. The van der Waals surface area contributed by atoms with Gasteiger partial charge in [0.1, 0.15) is 5.75 Å². The summed E-state index contributed by atoms with van der Waals surface area (Å²) in [4.78, 5) is 17.4. The lowest BCUT2D eigenvalue weighted by Crippen LogP contribution is -2.48. The van der Waals surface area contributed by atoms with Crippen molar-refractivity contribution in [1.29, 1.82) is 0 Å². The molecule has 1 N–H and O–H groups in total. The van der Waals surface area contributed by atoms with Gasteiger partial charge in [-0.1, -0.05) is 11.6 Å². The summed E-state index contributed by atoms with van der Waals surface area (Å²) in [6.45, 7) is 8.60. The van der Waals surface area contributed by atoms with E-state index in [-0.39, 0.29) is 5.91 Å².